The Bertz CT molecular complexity index is 1010. The van der Waals surface area contributed by atoms with E-state index in [1.165, 1.54) is 0 Å². The van der Waals surface area contributed by atoms with Gasteiger partial charge in [0, 0.05) is 18.0 Å². The van der Waals surface area contributed by atoms with Gasteiger partial charge in [0.1, 0.15) is 11.4 Å². The molecular weight excluding hydrogens is 356 g/mol. The zero-order valence-corrected chi connectivity index (χ0v) is 16.5. The Morgan fingerprint density at radius 1 is 1.11 bits per heavy atom. The molecule has 6 heteroatoms. The Kier molecular flexibility index (Phi) is 5.40. The molecule has 0 atom stereocenters. The number of esters is 1. The van der Waals surface area contributed by atoms with E-state index in [9.17, 15) is 9.59 Å². The largest absolute Gasteiger partial charge is 0.482 e. The summed E-state index contributed by atoms with van der Waals surface area (Å²) in [5.41, 5.74) is 2.53. The molecule has 0 aliphatic rings. The number of fused-ring (bicyclic) bond motifs is 1. The first-order valence-electron chi connectivity index (χ1n) is 9.05. The molecule has 0 saturated carbocycles. The van der Waals surface area contributed by atoms with Crippen LogP contribution in [0.1, 0.15) is 36.7 Å². The lowest BCUT2D eigenvalue weighted by Gasteiger charge is -2.19. The summed E-state index contributed by atoms with van der Waals surface area (Å²) in [6.45, 7) is 7.12. The molecule has 0 saturated heterocycles. The van der Waals surface area contributed by atoms with Crippen molar-refractivity contribution in [2.75, 3.05) is 11.9 Å². The molecule has 0 aliphatic carbocycles. The molecule has 2 aromatic heterocycles. The smallest absolute Gasteiger partial charge is 0.344 e. The molecule has 0 aliphatic heterocycles. The number of aryl methyl sites for hydroxylation is 1. The highest BCUT2D eigenvalue weighted by Gasteiger charge is 2.17. The van der Waals surface area contributed by atoms with Crippen molar-refractivity contribution < 1.29 is 19.1 Å². The molecule has 6 nitrogen and oxygen atoms in total. The van der Waals surface area contributed by atoms with E-state index >= 15 is 0 Å². The molecule has 0 bridgehead atoms. The van der Waals surface area contributed by atoms with Gasteiger partial charge in [-0.2, -0.15) is 0 Å². The number of nitrogens with one attached hydrogen (secondary N) is 1. The normalized spacial score (nSPS) is 11.3. The maximum absolute atomic E-state index is 12.7. The quantitative estimate of drug-likeness (QED) is 0.673. The molecule has 0 fully saturated rings. The minimum Gasteiger partial charge on any atom is -0.482 e. The molecule has 3 rings (SSSR count). The molecule has 146 valence electrons. The summed E-state index contributed by atoms with van der Waals surface area (Å²) in [4.78, 5) is 24.5. The molecule has 2 heterocycles. The van der Waals surface area contributed by atoms with Gasteiger partial charge in [0.05, 0.1) is 11.2 Å². The fourth-order valence-electron chi connectivity index (χ4n) is 2.84. The average molecular weight is 380 g/mol. The molecular formula is C22H24N2O4. The van der Waals surface area contributed by atoms with Crippen LogP contribution in [0.2, 0.25) is 0 Å². The summed E-state index contributed by atoms with van der Waals surface area (Å²) >= 11 is 0. The number of hydrogen-bond acceptors (Lipinski definition) is 4. The third kappa shape index (κ3) is 4.71. The first kappa shape index (κ1) is 19.5. The van der Waals surface area contributed by atoms with Crippen LogP contribution in [0.3, 0.4) is 0 Å². The summed E-state index contributed by atoms with van der Waals surface area (Å²) in [5, 5.41) is 2.97. The van der Waals surface area contributed by atoms with Crippen molar-refractivity contribution in [3.63, 3.8) is 0 Å². The number of anilines is 1. The molecule has 1 aromatic carbocycles. The zero-order valence-electron chi connectivity index (χ0n) is 16.5. The second-order valence-electron chi connectivity index (χ2n) is 7.54. The minimum absolute atomic E-state index is 0.217. The zero-order chi connectivity index (χ0) is 20.3. The van der Waals surface area contributed by atoms with Crippen molar-refractivity contribution in [3.05, 3.63) is 66.0 Å². The van der Waals surface area contributed by atoms with Gasteiger partial charge in [-0.15, -0.1) is 0 Å². The van der Waals surface area contributed by atoms with Crippen LogP contribution in [0.25, 0.3) is 5.52 Å². The number of amides is 1. The highest BCUT2D eigenvalue weighted by molar-refractivity contribution is 6.07. The molecule has 0 spiro atoms. The molecule has 0 radical (unpaired) electrons. The summed E-state index contributed by atoms with van der Waals surface area (Å²) in [6, 6.07) is 12.5. The first-order valence-corrected chi connectivity index (χ1v) is 9.05. The van der Waals surface area contributed by atoms with Crippen molar-refractivity contribution in [2.45, 2.75) is 33.3 Å². The van der Waals surface area contributed by atoms with Crippen LogP contribution in [0.15, 0.2) is 54.9 Å². The Hall–Kier alpha value is -3.28. The van der Waals surface area contributed by atoms with Crippen LogP contribution in [-0.4, -0.2) is 28.5 Å². The number of ether oxygens (including phenoxy) is 2. The monoisotopic (exact) mass is 380 g/mol. The molecule has 3 aromatic rings. The fourth-order valence-corrected chi connectivity index (χ4v) is 2.84. The van der Waals surface area contributed by atoms with E-state index in [1.807, 2.05) is 41.9 Å². The van der Waals surface area contributed by atoms with Gasteiger partial charge < -0.3 is 19.2 Å². The van der Waals surface area contributed by atoms with E-state index in [1.54, 1.807) is 45.0 Å². The SMILES string of the molecule is Cc1cn2ccccc2c1NC(=O)c1cccc(OCC(=O)OC(C)(C)C)c1. The number of aromatic nitrogens is 1. The fraction of sp³-hybridized carbons (Fsp3) is 0.273. The van der Waals surface area contributed by atoms with Crippen molar-refractivity contribution in [1.82, 2.24) is 4.40 Å². The van der Waals surface area contributed by atoms with Gasteiger partial charge in [-0.25, -0.2) is 4.79 Å². The minimum atomic E-state index is -0.569. The highest BCUT2D eigenvalue weighted by atomic mass is 16.6. The molecule has 0 unspecified atom stereocenters. The van der Waals surface area contributed by atoms with Gasteiger partial charge in [0.2, 0.25) is 0 Å². The van der Waals surface area contributed by atoms with Crippen LogP contribution in [0.4, 0.5) is 5.69 Å². The van der Waals surface area contributed by atoms with E-state index in [4.69, 9.17) is 9.47 Å². The second kappa shape index (κ2) is 7.76. The Balaban J connectivity index is 1.70. The molecule has 28 heavy (non-hydrogen) atoms. The number of carbonyl (C=O) groups is 2. The summed E-state index contributed by atoms with van der Waals surface area (Å²) < 4.78 is 12.7. The summed E-state index contributed by atoms with van der Waals surface area (Å²) in [7, 11) is 0. The topological polar surface area (TPSA) is 69.0 Å². The van der Waals surface area contributed by atoms with Gasteiger partial charge in [0.15, 0.2) is 6.61 Å². The van der Waals surface area contributed by atoms with Crippen molar-refractivity contribution in [2.24, 2.45) is 0 Å². The Labute approximate surface area is 164 Å². The number of rotatable bonds is 5. The van der Waals surface area contributed by atoms with Crippen LogP contribution in [0.5, 0.6) is 5.75 Å². The predicted molar refractivity (Wildman–Crippen MR) is 108 cm³/mol. The summed E-state index contributed by atoms with van der Waals surface area (Å²) in [6.07, 6.45) is 3.90. The van der Waals surface area contributed by atoms with Crippen LogP contribution in [0, 0.1) is 6.92 Å². The van der Waals surface area contributed by atoms with Crippen LogP contribution < -0.4 is 10.1 Å². The predicted octanol–water partition coefficient (Wildman–Crippen LogP) is 4.22. The first-order chi connectivity index (χ1) is 13.2. The van der Waals surface area contributed by atoms with E-state index < -0.39 is 11.6 Å². The Morgan fingerprint density at radius 2 is 1.89 bits per heavy atom. The maximum atomic E-state index is 12.7. The number of hydrogen-bond donors (Lipinski definition) is 1. The van der Waals surface area contributed by atoms with E-state index in [2.05, 4.69) is 5.32 Å². The third-order valence-corrected chi connectivity index (χ3v) is 3.98. The van der Waals surface area contributed by atoms with E-state index in [0.717, 1.165) is 16.8 Å². The Morgan fingerprint density at radius 3 is 2.64 bits per heavy atom. The number of pyridine rings is 1. The van der Waals surface area contributed by atoms with Crippen LogP contribution in [-0.2, 0) is 9.53 Å². The molecule has 1 N–H and O–H groups in total. The maximum Gasteiger partial charge on any atom is 0.344 e. The van der Waals surface area contributed by atoms with Crippen molar-refractivity contribution >= 4 is 23.1 Å². The number of carbonyl (C=O) groups excluding carboxylic acids is 2. The lowest BCUT2D eigenvalue weighted by molar-refractivity contribution is -0.157. The van der Waals surface area contributed by atoms with Gasteiger partial charge in [-0.1, -0.05) is 12.1 Å². The lowest BCUT2D eigenvalue weighted by Crippen LogP contribution is -2.27. The number of nitrogens with zero attached hydrogens (tertiary/aromatic N) is 1. The lowest BCUT2D eigenvalue weighted by atomic mass is 10.2. The van der Waals surface area contributed by atoms with E-state index in [0.29, 0.717) is 11.3 Å². The van der Waals surface area contributed by atoms with Crippen molar-refractivity contribution in [1.29, 1.82) is 0 Å². The van der Waals surface area contributed by atoms with E-state index in [-0.39, 0.29) is 12.5 Å². The van der Waals surface area contributed by atoms with Gasteiger partial charge in [-0.3, -0.25) is 4.79 Å². The number of benzene rings is 1. The van der Waals surface area contributed by atoms with Crippen LogP contribution >= 0.6 is 0 Å². The van der Waals surface area contributed by atoms with Crippen molar-refractivity contribution in [3.8, 4) is 5.75 Å². The standard InChI is InChI=1S/C22H24N2O4/c1-15-13-24-11-6-5-10-18(24)20(15)23-21(26)16-8-7-9-17(12-16)27-14-19(25)28-22(2,3)4/h5-13H,14H2,1-4H3,(H,23,26). The van der Waals surface area contributed by atoms with Gasteiger partial charge in [-0.05, 0) is 63.6 Å². The third-order valence-electron chi connectivity index (χ3n) is 3.98. The second-order valence-corrected chi connectivity index (χ2v) is 7.54. The van der Waals surface area contributed by atoms with Gasteiger partial charge in [0.25, 0.3) is 5.91 Å². The average Bonchev–Trinajstić information content (AvgIpc) is 2.94. The highest BCUT2D eigenvalue weighted by Crippen LogP contribution is 2.25. The molecule has 1 amide bonds. The summed E-state index contributed by atoms with van der Waals surface area (Å²) in [5.74, 6) is -0.280. The van der Waals surface area contributed by atoms with Gasteiger partial charge >= 0.3 is 5.97 Å².